The number of likely N-dealkylation sites (tertiary alicyclic amines) is 1. The molecule has 1 aromatic rings. The van der Waals surface area contributed by atoms with E-state index in [-0.39, 0.29) is 29.6 Å². The topological polar surface area (TPSA) is 79.0 Å². The van der Waals surface area contributed by atoms with Crippen LogP contribution < -0.4 is 10.1 Å². The fraction of sp³-hybridized carbons (Fsp3) is 0.609. The summed E-state index contributed by atoms with van der Waals surface area (Å²) in [6, 6.07) is 6.29. The Bertz CT molecular complexity index is 738. The normalized spacial score (nSPS) is 15.6. The zero-order chi connectivity index (χ0) is 22.3. The molecule has 0 bridgehead atoms. The first-order valence-electron chi connectivity index (χ1n) is 10.8. The van der Waals surface area contributed by atoms with Crippen LogP contribution in [0.25, 0.3) is 0 Å². The van der Waals surface area contributed by atoms with Crippen molar-refractivity contribution in [2.24, 2.45) is 11.8 Å². The minimum atomic E-state index is -0.611. The fourth-order valence-electron chi connectivity index (χ4n) is 3.92. The molecule has 1 N–H and O–H groups in total. The van der Waals surface area contributed by atoms with Gasteiger partial charge >= 0.3 is 0 Å². The van der Waals surface area contributed by atoms with Crippen LogP contribution in [-0.4, -0.2) is 66.9 Å². The lowest BCUT2D eigenvalue weighted by Crippen LogP contribution is -2.55. The molecule has 1 aliphatic rings. The van der Waals surface area contributed by atoms with Crippen molar-refractivity contribution >= 4 is 17.7 Å². The van der Waals surface area contributed by atoms with Gasteiger partial charge in [-0.3, -0.25) is 14.4 Å². The second-order valence-electron chi connectivity index (χ2n) is 8.01. The molecule has 166 valence electrons. The molecular formula is C23H35N3O4. The smallest absolute Gasteiger partial charge is 0.252 e. The van der Waals surface area contributed by atoms with Crippen molar-refractivity contribution in [3.8, 4) is 5.75 Å². The van der Waals surface area contributed by atoms with Gasteiger partial charge in [-0.25, -0.2) is 0 Å². The Labute approximate surface area is 179 Å². The number of nitrogens with zero attached hydrogens (tertiary/aromatic N) is 2. The number of benzene rings is 1. The molecule has 7 heteroatoms. The number of likely N-dealkylation sites (N-methyl/N-ethyl adjacent to an activating group) is 1. The van der Waals surface area contributed by atoms with E-state index in [0.717, 1.165) is 0 Å². The number of methoxy groups -OCH3 is 1. The first kappa shape index (κ1) is 23.7. The van der Waals surface area contributed by atoms with E-state index in [1.807, 2.05) is 32.6 Å². The molecule has 1 heterocycles. The highest BCUT2D eigenvalue weighted by molar-refractivity contribution is 5.98. The molecule has 0 aliphatic carbocycles. The predicted octanol–water partition coefficient (Wildman–Crippen LogP) is 2.56. The third-order valence-corrected chi connectivity index (χ3v) is 5.78. The van der Waals surface area contributed by atoms with Crippen LogP contribution in [0.2, 0.25) is 0 Å². The number of nitrogens with one attached hydrogen (secondary N) is 1. The van der Waals surface area contributed by atoms with Crippen molar-refractivity contribution in [1.82, 2.24) is 15.1 Å². The molecule has 1 aliphatic heterocycles. The van der Waals surface area contributed by atoms with E-state index >= 15 is 0 Å². The van der Waals surface area contributed by atoms with Gasteiger partial charge in [-0.2, -0.15) is 0 Å². The second-order valence-corrected chi connectivity index (χ2v) is 8.01. The Balaban J connectivity index is 2.18. The molecule has 1 atom stereocenters. The Morgan fingerprint density at radius 2 is 1.80 bits per heavy atom. The first-order chi connectivity index (χ1) is 14.3. The molecule has 1 aromatic carbocycles. The van der Waals surface area contributed by atoms with Crippen molar-refractivity contribution in [1.29, 1.82) is 0 Å². The Kier molecular flexibility index (Phi) is 8.69. The Morgan fingerprint density at radius 1 is 1.17 bits per heavy atom. The molecule has 3 amide bonds. The van der Waals surface area contributed by atoms with Gasteiger partial charge in [0.15, 0.2) is 0 Å². The van der Waals surface area contributed by atoms with Crippen LogP contribution in [0.15, 0.2) is 24.3 Å². The van der Waals surface area contributed by atoms with Gasteiger partial charge in [-0.15, -0.1) is 0 Å². The van der Waals surface area contributed by atoms with Crippen LogP contribution in [0.3, 0.4) is 0 Å². The highest BCUT2D eigenvalue weighted by atomic mass is 16.5. The quantitative estimate of drug-likeness (QED) is 0.705. The SMILES string of the molecule is CCN(CC)C(=O)C(NC(=O)c1cccc(OC)c1)C1CCN(C(=O)C(C)C)CC1. The Hall–Kier alpha value is -2.57. The average molecular weight is 418 g/mol. The lowest BCUT2D eigenvalue weighted by atomic mass is 9.87. The summed E-state index contributed by atoms with van der Waals surface area (Å²) in [7, 11) is 1.55. The Morgan fingerprint density at radius 3 is 2.33 bits per heavy atom. The van der Waals surface area contributed by atoms with Crippen molar-refractivity contribution in [3.05, 3.63) is 29.8 Å². The number of rotatable bonds is 8. The zero-order valence-electron chi connectivity index (χ0n) is 18.8. The van der Waals surface area contributed by atoms with Crippen molar-refractivity contribution in [2.45, 2.75) is 46.6 Å². The number of piperidine rings is 1. The first-order valence-corrected chi connectivity index (χ1v) is 10.8. The highest BCUT2D eigenvalue weighted by Gasteiger charge is 2.35. The van der Waals surface area contributed by atoms with Crippen LogP contribution >= 0.6 is 0 Å². The number of ether oxygens (including phenoxy) is 1. The largest absolute Gasteiger partial charge is 0.497 e. The molecule has 7 nitrogen and oxygen atoms in total. The molecule has 0 radical (unpaired) electrons. The van der Waals surface area contributed by atoms with Gasteiger partial charge in [0, 0.05) is 37.7 Å². The highest BCUT2D eigenvalue weighted by Crippen LogP contribution is 2.24. The van der Waals surface area contributed by atoms with Crippen LogP contribution in [0.4, 0.5) is 0 Å². The maximum Gasteiger partial charge on any atom is 0.252 e. The standard InChI is InChI=1S/C23H35N3O4/c1-6-25(7-2)23(29)20(17-11-13-26(14-12-17)22(28)16(3)4)24-21(27)18-9-8-10-19(15-18)30-5/h8-10,15-17,20H,6-7,11-14H2,1-5H3,(H,24,27). The van der Waals surface area contributed by atoms with E-state index in [0.29, 0.717) is 50.3 Å². The summed E-state index contributed by atoms with van der Waals surface area (Å²) in [5, 5.41) is 2.98. The molecule has 0 spiro atoms. The summed E-state index contributed by atoms with van der Waals surface area (Å²) in [5.41, 5.74) is 0.458. The second kappa shape index (κ2) is 11.0. The minimum Gasteiger partial charge on any atom is -0.497 e. The van der Waals surface area contributed by atoms with Crippen LogP contribution in [-0.2, 0) is 9.59 Å². The zero-order valence-corrected chi connectivity index (χ0v) is 18.8. The third kappa shape index (κ3) is 5.74. The molecular weight excluding hydrogens is 382 g/mol. The van der Waals surface area contributed by atoms with Crippen molar-refractivity contribution in [2.75, 3.05) is 33.3 Å². The summed E-state index contributed by atoms with van der Waals surface area (Å²) < 4.78 is 5.21. The number of carbonyl (C=O) groups is 3. The van der Waals surface area contributed by atoms with Crippen molar-refractivity contribution in [3.63, 3.8) is 0 Å². The number of hydrogen-bond donors (Lipinski definition) is 1. The van der Waals surface area contributed by atoms with Crippen LogP contribution in [0.1, 0.15) is 50.9 Å². The van der Waals surface area contributed by atoms with Gasteiger partial charge in [0.1, 0.15) is 11.8 Å². The van der Waals surface area contributed by atoms with Gasteiger partial charge in [0.2, 0.25) is 11.8 Å². The van der Waals surface area contributed by atoms with Gasteiger partial charge in [-0.1, -0.05) is 19.9 Å². The molecule has 30 heavy (non-hydrogen) atoms. The summed E-state index contributed by atoms with van der Waals surface area (Å²) in [6.07, 6.45) is 1.38. The summed E-state index contributed by atoms with van der Waals surface area (Å²) >= 11 is 0. The van der Waals surface area contributed by atoms with Gasteiger partial charge < -0.3 is 19.9 Å². The van der Waals surface area contributed by atoms with Crippen LogP contribution in [0.5, 0.6) is 5.75 Å². The summed E-state index contributed by atoms with van der Waals surface area (Å²) in [4.78, 5) is 42.1. The number of carbonyl (C=O) groups excluding carboxylic acids is 3. The molecule has 1 saturated heterocycles. The molecule has 1 unspecified atom stereocenters. The average Bonchev–Trinajstić information content (AvgIpc) is 2.77. The number of amides is 3. The molecule has 2 rings (SSSR count). The van der Waals surface area contributed by atoms with Gasteiger partial charge in [0.05, 0.1) is 7.11 Å². The number of hydrogen-bond acceptors (Lipinski definition) is 4. The van der Waals surface area contributed by atoms with Gasteiger partial charge in [0.25, 0.3) is 5.91 Å². The predicted molar refractivity (Wildman–Crippen MR) is 116 cm³/mol. The van der Waals surface area contributed by atoms with E-state index in [1.54, 1.807) is 36.3 Å². The van der Waals surface area contributed by atoms with E-state index < -0.39 is 6.04 Å². The van der Waals surface area contributed by atoms with Crippen LogP contribution in [0, 0.1) is 11.8 Å². The molecule has 0 aromatic heterocycles. The fourth-order valence-corrected chi connectivity index (χ4v) is 3.92. The maximum atomic E-state index is 13.2. The monoisotopic (exact) mass is 417 g/mol. The molecule has 0 saturated carbocycles. The van der Waals surface area contributed by atoms with E-state index in [4.69, 9.17) is 4.74 Å². The van der Waals surface area contributed by atoms with Gasteiger partial charge in [-0.05, 0) is 50.8 Å². The third-order valence-electron chi connectivity index (χ3n) is 5.78. The van der Waals surface area contributed by atoms with E-state index in [9.17, 15) is 14.4 Å². The lowest BCUT2D eigenvalue weighted by molar-refractivity contribution is -0.137. The summed E-state index contributed by atoms with van der Waals surface area (Å²) in [6.45, 7) is 10.1. The maximum absolute atomic E-state index is 13.2. The van der Waals surface area contributed by atoms with E-state index in [1.165, 1.54) is 0 Å². The van der Waals surface area contributed by atoms with Crippen molar-refractivity contribution < 1.29 is 19.1 Å². The minimum absolute atomic E-state index is 0.0103. The molecule has 1 fully saturated rings. The van der Waals surface area contributed by atoms with E-state index in [2.05, 4.69) is 5.32 Å². The summed E-state index contributed by atoms with van der Waals surface area (Å²) in [5.74, 6) is 0.325. The lowest BCUT2D eigenvalue weighted by Gasteiger charge is -2.38.